The number of furan rings is 1. The molecular weight excluding hydrogens is 441 g/mol. The summed E-state index contributed by atoms with van der Waals surface area (Å²) in [6.45, 7) is 1.83. The lowest BCUT2D eigenvalue weighted by Crippen LogP contribution is -2.29. The van der Waals surface area contributed by atoms with Crippen LogP contribution in [0.1, 0.15) is 22.9 Å². The van der Waals surface area contributed by atoms with E-state index in [0.29, 0.717) is 11.4 Å². The molecule has 1 aliphatic rings. The maximum atomic E-state index is 13.1. The van der Waals surface area contributed by atoms with Gasteiger partial charge in [0.15, 0.2) is 0 Å². The van der Waals surface area contributed by atoms with E-state index in [4.69, 9.17) is 32.4 Å². The number of nitrogens with zero attached hydrogens (tertiary/aromatic N) is 1. The molecule has 0 bridgehead atoms. The van der Waals surface area contributed by atoms with Crippen molar-refractivity contribution in [3.8, 4) is 5.75 Å². The first-order valence-electron chi connectivity index (χ1n) is 9.28. The first-order chi connectivity index (χ1) is 14.8. The number of ether oxygens (including phenoxy) is 1. The first-order valence-corrected chi connectivity index (χ1v) is 10.0. The van der Waals surface area contributed by atoms with E-state index in [1.807, 2.05) is 19.1 Å². The molecule has 158 valence electrons. The number of para-hydroxylation sites is 1. The standard InChI is InChI=1S/C23H17Cl2NO5/c1-12-6-3-4-7-16(12)26-19(17-8-5-9-31-17)18(21(28)23(26)29)20(27)14-10-13(24)11-15(25)22(14)30-2/h3-11,19,27H,1-2H3/b20-18-. The average Bonchev–Trinajstić information content (AvgIpc) is 3.35. The molecule has 3 aromatic rings. The van der Waals surface area contributed by atoms with Gasteiger partial charge in [-0.05, 0) is 42.8 Å². The van der Waals surface area contributed by atoms with Gasteiger partial charge in [0.2, 0.25) is 0 Å². The number of aliphatic hydroxyl groups is 1. The third kappa shape index (κ3) is 3.48. The lowest BCUT2D eigenvalue weighted by Gasteiger charge is -2.25. The number of anilines is 1. The van der Waals surface area contributed by atoms with Crippen LogP contribution in [-0.2, 0) is 9.59 Å². The number of benzene rings is 2. The lowest BCUT2D eigenvalue weighted by atomic mass is 9.98. The van der Waals surface area contributed by atoms with Gasteiger partial charge in [0, 0.05) is 10.7 Å². The quantitative estimate of drug-likeness (QED) is 0.316. The van der Waals surface area contributed by atoms with E-state index < -0.39 is 23.5 Å². The summed E-state index contributed by atoms with van der Waals surface area (Å²) in [6, 6.07) is 12.3. The number of aliphatic hydroxyl groups excluding tert-OH is 1. The Morgan fingerprint density at radius 3 is 2.52 bits per heavy atom. The Hall–Kier alpha value is -3.22. The highest BCUT2D eigenvalue weighted by atomic mass is 35.5. The van der Waals surface area contributed by atoms with Crippen molar-refractivity contribution >= 4 is 46.3 Å². The minimum absolute atomic E-state index is 0.0966. The molecule has 2 heterocycles. The molecule has 1 aromatic heterocycles. The minimum Gasteiger partial charge on any atom is -0.507 e. The van der Waals surface area contributed by atoms with Crippen molar-refractivity contribution in [2.24, 2.45) is 0 Å². The molecule has 31 heavy (non-hydrogen) atoms. The molecule has 4 rings (SSSR count). The summed E-state index contributed by atoms with van der Waals surface area (Å²) in [5.74, 6) is -1.67. The summed E-state index contributed by atoms with van der Waals surface area (Å²) in [5.41, 5.74) is 1.25. The van der Waals surface area contributed by atoms with Gasteiger partial charge in [-0.2, -0.15) is 0 Å². The summed E-state index contributed by atoms with van der Waals surface area (Å²) < 4.78 is 10.9. The van der Waals surface area contributed by atoms with E-state index in [-0.39, 0.29) is 26.9 Å². The summed E-state index contributed by atoms with van der Waals surface area (Å²) in [4.78, 5) is 27.6. The number of Topliss-reactive ketones (excluding diaryl/α,β-unsaturated/α-hetero) is 1. The van der Waals surface area contributed by atoms with Crippen molar-refractivity contribution in [2.75, 3.05) is 12.0 Å². The Kier molecular flexibility index (Phi) is 5.52. The molecule has 1 unspecified atom stereocenters. The fourth-order valence-electron chi connectivity index (χ4n) is 3.72. The van der Waals surface area contributed by atoms with Gasteiger partial charge in [-0.3, -0.25) is 14.5 Å². The van der Waals surface area contributed by atoms with Gasteiger partial charge in [0.1, 0.15) is 23.3 Å². The highest BCUT2D eigenvalue weighted by Gasteiger charge is 2.49. The van der Waals surface area contributed by atoms with E-state index in [2.05, 4.69) is 0 Å². The third-order valence-corrected chi connectivity index (χ3v) is 5.60. The normalized spacial score (nSPS) is 17.9. The molecule has 6 nitrogen and oxygen atoms in total. The fourth-order valence-corrected chi connectivity index (χ4v) is 4.29. The zero-order valence-corrected chi connectivity index (χ0v) is 18.1. The maximum absolute atomic E-state index is 13.1. The number of rotatable bonds is 4. The molecule has 8 heteroatoms. The predicted molar refractivity (Wildman–Crippen MR) is 118 cm³/mol. The molecule has 0 saturated carbocycles. The predicted octanol–water partition coefficient (Wildman–Crippen LogP) is 5.53. The Morgan fingerprint density at radius 1 is 1.13 bits per heavy atom. The van der Waals surface area contributed by atoms with Crippen LogP contribution in [0, 0.1) is 6.92 Å². The van der Waals surface area contributed by atoms with Crippen molar-refractivity contribution in [1.82, 2.24) is 0 Å². The van der Waals surface area contributed by atoms with Gasteiger partial charge < -0.3 is 14.3 Å². The van der Waals surface area contributed by atoms with Gasteiger partial charge in [-0.1, -0.05) is 41.4 Å². The van der Waals surface area contributed by atoms with Crippen molar-refractivity contribution in [3.63, 3.8) is 0 Å². The topological polar surface area (TPSA) is 80.0 Å². The lowest BCUT2D eigenvalue weighted by molar-refractivity contribution is -0.132. The fraction of sp³-hybridized carbons (Fsp3) is 0.130. The summed E-state index contributed by atoms with van der Waals surface area (Å²) in [6.07, 6.45) is 1.43. The highest BCUT2D eigenvalue weighted by Crippen LogP contribution is 2.45. The molecule has 0 radical (unpaired) electrons. The number of carbonyl (C=O) groups excluding carboxylic acids is 2. The Bertz CT molecular complexity index is 1220. The van der Waals surface area contributed by atoms with Gasteiger partial charge in [0.05, 0.1) is 29.5 Å². The molecule has 1 atom stereocenters. The van der Waals surface area contributed by atoms with E-state index >= 15 is 0 Å². The molecule has 1 N–H and O–H groups in total. The van der Waals surface area contributed by atoms with Gasteiger partial charge in [-0.25, -0.2) is 0 Å². The van der Waals surface area contributed by atoms with Gasteiger partial charge >= 0.3 is 0 Å². The smallest absolute Gasteiger partial charge is 0.300 e. The summed E-state index contributed by atoms with van der Waals surface area (Å²) in [7, 11) is 1.38. The zero-order valence-electron chi connectivity index (χ0n) is 16.6. The maximum Gasteiger partial charge on any atom is 0.300 e. The largest absolute Gasteiger partial charge is 0.507 e. The van der Waals surface area contributed by atoms with Crippen LogP contribution in [0.5, 0.6) is 5.75 Å². The van der Waals surface area contributed by atoms with E-state index in [0.717, 1.165) is 5.56 Å². The molecular formula is C23H17Cl2NO5. The first kappa shape index (κ1) is 21.0. The summed E-state index contributed by atoms with van der Waals surface area (Å²) in [5, 5.41) is 11.6. The van der Waals surface area contributed by atoms with Crippen LogP contribution in [0.3, 0.4) is 0 Å². The van der Waals surface area contributed by atoms with Crippen molar-refractivity contribution in [3.05, 3.63) is 87.3 Å². The Balaban J connectivity index is 2.00. The molecule has 1 saturated heterocycles. The zero-order chi connectivity index (χ0) is 22.3. The van der Waals surface area contributed by atoms with E-state index in [9.17, 15) is 14.7 Å². The Labute approximate surface area is 188 Å². The number of ketones is 1. The molecule has 1 aliphatic heterocycles. The van der Waals surface area contributed by atoms with Crippen LogP contribution in [-0.4, -0.2) is 23.9 Å². The molecule has 1 fully saturated rings. The number of carbonyl (C=O) groups is 2. The molecule has 1 amide bonds. The van der Waals surface area contributed by atoms with Gasteiger partial charge in [-0.15, -0.1) is 0 Å². The highest BCUT2D eigenvalue weighted by molar-refractivity contribution is 6.52. The van der Waals surface area contributed by atoms with Crippen LogP contribution in [0.4, 0.5) is 5.69 Å². The summed E-state index contributed by atoms with van der Waals surface area (Å²) >= 11 is 12.3. The van der Waals surface area contributed by atoms with E-state index in [1.54, 1.807) is 24.3 Å². The molecule has 0 spiro atoms. The number of amides is 1. The van der Waals surface area contributed by atoms with E-state index in [1.165, 1.54) is 30.4 Å². The minimum atomic E-state index is -0.987. The number of aryl methyl sites for hydroxylation is 1. The number of hydrogen-bond donors (Lipinski definition) is 1. The molecule has 0 aliphatic carbocycles. The van der Waals surface area contributed by atoms with Crippen LogP contribution < -0.4 is 9.64 Å². The second-order valence-electron chi connectivity index (χ2n) is 6.94. The average molecular weight is 458 g/mol. The van der Waals surface area contributed by atoms with Gasteiger partial charge in [0.25, 0.3) is 11.7 Å². The number of halogens is 2. The third-order valence-electron chi connectivity index (χ3n) is 5.10. The molecule has 2 aromatic carbocycles. The number of hydrogen-bond acceptors (Lipinski definition) is 5. The SMILES string of the molecule is COc1c(Cl)cc(Cl)cc1/C(O)=C1/C(=O)C(=O)N(c2ccccc2C)C1c1ccco1. The van der Waals surface area contributed by atoms with Crippen molar-refractivity contribution in [1.29, 1.82) is 0 Å². The monoisotopic (exact) mass is 457 g/mol. The van der Waals surface area contributed by atoms with Crippen molar-refractivity contribution in [2.45, 2.75) is 13.0 Å². The van der Waals surface area contributed by atoms with Crippen LogP contribution in [0.25, 0.3) is 5.76 Å². The van der Waals surface area contributed by atoms with Crippen LogP contribution in [0.2, 0.25) is 10.0 Å². The second kappa shape index (κ2) is 8.13. The Morgan fingerprint density at radius 2 is 1.87 bits per heavy atom. The van der Waals surface area contributed by atoms with Crippen molar-refractivity contribution < 1.29 is 23.8 Å². The second-order valence-corrected chi connectivity index (χ2v) is 7.78. The number of methoxy groups -OCH3 is 1. The van der Waals surface area contributed by atoms with Crippen LogP contribution >= 0.6 is 23.2 Å². The van der Waals surface area contributed by atoms with Crippen LogP contribution in [0.15, 0.2) is 64.8 Å².